The molecule has 5 nitrogen and oxygen atoms in total. The number of fused-ring (bicyclic) bond motifs is 1. The monoisotopic (exact) mass is 466 g/mol. The standard InChI is InChI=1S/C22H24Cl2N2O3S/c1-15-12-17-4-2-3-5-21(17)26(15)22(27)16-8-10-25(11-9-16)30(28,29)14-18-6-7-19(23)13-20(18)24/h2-7,13,15-16H,8-12,14H2,1H3. The molecule has 0 saturated carbocycles. The van der Waals surface area contributed by atoms with Crippen molar-refractivity contribution in [1.82, 2.24) is 4.31 Å². The number of carbonyl (C=O) groups excluding carboxylic acids is 1. The van der Waals surface area contributed by atoms with E-state index in [2.05, 4.69) is 13.0 Å². The Morgan fingerprint density at radius 1 is 1.10 bits per heavy atom. The minimum Gasteiger partial charge on any atom is -0.309 e. The van der Waals surface area contributed by atoms with Crippen molar-refractivity contribution in [3.8, 4) is 0 Å². The van der Waals surface area contributed by atoms with Crippen molar-refractivity contribution < 1.29 is 13.2 Å². The molecule has 2 heterocycles. The van der Waals surface area contributed by atoms with Gasteiger partial charge in [0.1, 0.15) is 0 Å². The number of piperidine rings is 1. The first-order valence-electron chi connectivity index (χ1n) is 10.1. The normalized spacial score (nSPS) is 20.4. The summed E-state index contributed by atoms with van der Waals surface area (Å²) in [6.07, 6.45) is 1.91. The van der Waals surface area contributed by atoms with E-state index in [0.717, 1.165) is 12.1 Å². The number of halogens is 2. The van der Waals surface area contributed by atoms with Crippen LogP contribution >= 0.6 is 23.2 Å². The van der Waals surface area contributed by atoms with Gasteiger partial charge in [-0.1, -0.05) is 47.5 Å². The maximum atomic E-state index is 13.2. The average molecular weight is 467 g/mol. The molecular formula is C22H24Cl2N2O3S. The van der Waals surface area contributed by atoms with Crippen LogP contribution < -0.4 is 4.90 Å². The summed E-state index contributed by atoms with van der Waals surface area (Å²) < 4.78 is 27.2. The fourth-order valence-electron chi connectivity index (χ4n) is 4.41. The molecule has 160 valence electrons. The molecule has 30 heavy (non-hydrogen) atoms. The number of rotatable bonds is 4. The predicted molar refractivity (Wildman–Crippen MR) is 120 cm³/mol. The molecule has 2 aromatic carbocycles. The highest BCUT2D eigenvalue weighted by molar-refractivity contribution is 7.88. The van der Waals surface area contributed by atoms with Gasteiger partial charge in [-0.25, -0.2) is 12.7 Å². The SMILES string of the molecule is CC1Cc2ccccc2N1C(=O)C1CCN(S(=O)(=O)Cc2ccc(Cl)cc2Cl)CC1. The molecular weight excluding hydrogens is 443 g/mol. The van der Waals surface area contributed by atoms with Crippen LogP contribution in [0.15, 0.2) is 42.5 Å². The zero-order valence-corrected chi connectivity index (χ0v) is 19.1. The Bertz CT molecular complexity index is 1070. The molecule has 1 saturated heterocycles. The number of amides is 1. The molecule has 2 aromatic rings. The van der Waals surface area contributed by atoms with E-state index in [1.165, 1.54) is 9.87 Å². The van der Waals surface area contributed by atoms with Gasteiger partial charge in [0.25, 0.3) is 0 Å². The molecule has 8 heteroatoms. The number of benzene rings is 2. The molecule has 0 aliphatic carbocycles. The lowest BCUT2D eigenvalue weighted by atomic mass is 9.96. The largest absolute Gasteiger partial charge is 0.309 e. The third-order valence-corrected chi connectivity index (χ3v) is 8.41. The lowest BCUT2D eigenvalue weighted by Crippen LogP contribution is -2.46. The molecule has 2 aliphatic rings. The summed E-state index contributed by atoms with van der Waals surface area (Å²) in [5.74, 6) is -0.229. The quantitative estimate of drug-likeness (QED) is 0.665. The van der Waals surface area contributed by atoms with Gasteiger partial charge < -0.3 is 4.90 Å². The Kier molecular flexibility index (Phi) is 6.13. The molecule has 0 aromatic heterocycles. The lowest BCUT2D eigenvalue weighted by Gasteiger charge is -2.34. The van der Waals surface area contributed by atoms with Crippen molar-refractivity contribution in [2.75, 3.05) is 18.0 Å². The minimum absolute atomic E-state index is 0.102. The molecule has 4 rings (SSSR count). The summed E-state index contributed by atoms with van der Waals surface area (Å²) in [7, 11) is -3.52. The Labute approximate surface area is 187 Å². The number of hydrogen-bond donors (Lipinski definition) is 0. The van der Waals surface area contributed by atoms with E-state index < -0.39 is 10.0 Å². The van der Waals surface area contributed by atoms with Gasteiger partial charge in [0.15, 0.2) is 0 Å². The second kappa shape index (κ2) is 8.50. The third kappa shape index (κ3) is 4.24. The molecule has 1 atom stereocenters. The van der Waals surface area contributed by atoms with E-state index in [1.807, 2.05) is 23.1 Å². The van der Waals surface area contributed by atoms with Crippen molar-refractivity contribution in [3.05, 3.63) is 63.6 Å². The first kappa shape index (κ1) is 21.6. The number of nitrogens with zero attached hydrogens (tertiary/aromatic N) is 2. The van der Waals surface area contributed by atoms with Crippen LogP contribution in [0.2, 0.25) is 10.0 Å². The molecule has 2 aliphatic heterocycles. The van der Waals surface area contributed by atoms with E-state index in [9.17, 15) is 13.2 Å². The fourth-order valence-corrected chi connectivity index (χ4v) is 6.55. The van der Waals surface area contributed by atoms with Gasteiger partial charge in [0.2, 0.25) is 15.9 Å². The number of carbonyl (C=O) groups is 1. The first-order valence-corrected chi connectivity index (χ1v) is 12.5. The summed E-state index contributed by atoms with van der Waals surface area (Å²) >= 11 is 12.0. The van der Waals surface area contributed by atoms with E-state index >= 15 is 0 Å². The van der Waals surface area contributed by atoms with Crippen LogP contribution in [-0.4, -0.2) is 37.8 Å². The van der Waals surface area contributed by atoms with Gasteiger partial charge in [-0.3, -0.25) is 4.79 Å². The van der Waals surface area contributed by atoms with Crippen molar-refractivity contribution in [3.63, 3.8) is 0 Å². The molecule has 1 fully saturated rings. The van der Waals surface area contributed by atoms with Gasteiger partial charge >= 0.3 is 0 Å². The molecule has 0 bridgehead atoms. The Balaban J connectivity index is 1.41. The van der Waals surface area contributed by atoms with Crippen molar-refractivity contribution in [2.24, 2.45) is 5.92 Å². The van der Waals surface area contributed by atoms with Crippen LogP contribution in [0.4, 0.5) is 5.69 Å². The number of sulfonamides is 1. The highest BCUT2D eigenvalue weighted by atomic mass is 35.5. The second-order valence-corrected chi connectivity index (χ2v) is 10.9. The third-order valence-electron chi connectivity index (χ3n) is 5.99. The van der Waals surface area contributed by atoms with Gasteiger partial charge in [-0.15, -0.1) is 0 Å². The summed E-state index contributed by atoms with van der Waals surface area (Å²) in [5.41, 5.74) is 2.71. The van der Waals surface area contributed by atoms with Crippen LogP contribution in [0.25, 0.3) is 0 Å². The summed E-state index contributed by atoms with van der Waals surface area (Å²) in [5, 5.41) is 0.816. The summed E-state index contributed by atoms with van der Waals surface area (Å²) in [6.45, 7) is 2.75. The Hall–Kier alpha value is -1.60. The molecule has 0 spiro atoms. The number of anilines is 1. The Morgan fingerprint density at radius 2 is 1.80 bits per heavy atom. The smallest absolute Gasteiger partial charge is 0.230 e. The van der Waals surface area contributed by atoms with Gasteiger partial charge in [0.05, 0.1) is 5.75 Å². The van der Waals surface area contributed by atoms with E-state index in [-0.39, 0.29) is 23.6 Å². The highest BCUT2D eigenvalue weighted by Crippen LogP contribution is 2.35. The summed E-state index contributed by atoms with van der Waals surface area (Å²) in [4.78, 5) is 15.1. The molecule has 1 unspecified atom stereocenters. The number of para-hydroxylation sites is 1. The second-order valence-electron chi connectivity index (χ2n) is 8.06. The summed E-state index contributed by atoms with van der Waals surface area (Å²) in [6, 6.07) is 13.0. The van der Waals surface area contributed by atoms with Gasteiger partial charge in [-0.2, -0.15) is 0 Å². The topological polar surface area (TPSA) is 57.7 Å². The fraction of sp³-hybridized carbons (Fsp3) is 0.409. The molecule has 0 radical (unpaired) electrons. The maximum Gasteiger partial charge on any atom is 0.230 e. The highest BCUT2D eigenvalue weighted by Gasteiger charge is 2.37. The zero-order chi connectivity index (χ0) is 21.5. The molecule has 0 N–H and O–H groups in total. The van der Waals surface area contributed by atoms with Crippen LogP contribution in [0, 0.1) is 5.92 Å². The van der Waals surface area contributed by atoms with E-state index in [1.54, 1.807) is 18.2 Å². The zero-order valence-electron chi connectivity index (χ0n) is 16.7. The van der Waals surface area contributed by atoms with Crippen molar-refractivity contribution >= 4 is 44.8 Å². The van der Waals surface area contributed by atoms with Crippen LogP contribution in [0.1, 0.15) is 30.9 Å². The van der Waals surface area contributed by atoms with Gasteiger partial charge in [-0.05, 0) is 55.5 Å². The predicted octanol–water partition coefficient (Wildman–Crippen LogP) is 4.51. The van der Waals surface area contributed by atoms with Crippen LogP contribution in [0.5, 0.6) is 0 Å². The van der Waals surface area contributed by atoms with Crippen LogP contribution in [0.3, 0.4) is 0 Å². The average Bonchev–Trinajstić information content (AvgIpc) is 3.05. The van der Waals surface area contributed by atoms with Crippen molar-refractivity contribution in [1.29, 1.82) is 0 Å². The lowest BCUT2D eigenvalue weighted by molar-refractivity contribution is -0.123. The number of hydrogen-bond acceptors (Lipinski definition) is 3. The minimum atomic E-state index is -3.52. The molecule has 1 amide bonds. The first-order chi connectivity index (χ1) is 14.3. The van der Waals surface area contributed by atoms with E-state index in [4.69, 9.17) is 23.2 Å². The maximum absolute atomic E-state index is 13.2. The van der Waals surface area contributed by atoms with Crippen molar-refractivity contribution in [2.45, 2.75) is 38.0 Å². The Morgan fingerprint density at radius 3 is 2.50 bits per heavy atom. The van der Waals surface area contributed by atoms with Crippen LogP contribution in [-0.2, 0) is 27.0 Å². The van der Waals surface area contributed by atoms with Gasteiger partial charge in [0, 0.05) is 40.8 Å². The van der Waals surface area contributed by atoms with E-state index in [0.29, 0.717) is 41.5 Å².